The third kappa shape index (κ3) is 8.12. The third-order valence-corrected chi connectivity index (χ3v) is 7.92. The van der Waals surface area contributed by atoms with Crippen LogP contribution in [-0.2, 0) is 21.2 Å². The first-order valence-corrected chi connectivity index (χ1v) is 13.4. The van der Waals surface area contributed by atoms with Gasteiger partial charge in [-0.1, -0.05) is 37.3 Å². The molecule has 0 spiro atoms. The van der Waals surface area contributed by atoms with Crippen molar-refractivity contribution in [2.75, 3.05) is 6.54 Å². The van der Waals surface area contributed by atoms with Crippen molar-refractivity contribution in [2.24, 2.45) is 11.8 Å². The van der Waals surface area contributed by atoms with Crippen molar-refractivity contribution in [3.63, 3.8) is 0 Å². The molecule has 1 aliphatic rings. The minimum absolute atomic E-state index is 0.0899. The van der Waals surface area contributed by atoms with Gasteiger partial charge in [-0.25, -0.2) is 13.1 Å². The van der Waals surface area contributed by atoms with Gasteiger partial charge in [0.15, 0.2) is 0 Å². The molecule has 2 aromatic carbocycles. The number of nitrogens with zero attached hydrogens (tertiary/aromatic N) is 1. The first-order chi connectivity index (χ1) is 16.6. The number of nitrogens with one attached hydrogen (secondary N) is 2. The molecule has 0 heterocycles. The monoisotopic (exact) mass is 503 g/mol. The van der Waals surface area contributed by atoms with E-state index in [0.29, 0.717) is 12.3 Å². The Morgan fingerprint density at radius 1 is 1.09 bits per heavy atom. The van der Waals surface area contributed by atoms with Gasteiger partial charge in [0.2, 0.25) is 15.9 Å². The van der Waals surface area contributed by atoms with Gasteiger partial charge in [-0.3, -0.25) is 14.9 Å². The first kappa shape index (κ1) is 26.8. The lowest BCUT2D eigenvalue weighted by Crippen LogP contribution is -2.43. The Bertz CT molecular complexity index is 1080. The molecule has 2 atom stereocenters. The predicted molar refractivity (Wildman–Crippen MR) is 132 cm³/mol. The minimum Gasteiger partial charge on any atom is -0.392 e. The summed E-state index contributed by atoms with van der Waals surface area (Å²) in [6.45, 7) is 1.93. The molecule has 9 nitrogen and oxygen atoms in total. The summed E-state index contributed by atoms with van der Waals surface area (Å²) in [5, 5.41) is 24.5. The quantitative estimate of drug-likeness (QED) is 0.318. The molecule has 3 N–H and O–H groups in total. The Morgan fingerprint density at radius 3 is 2.31 bits per heavy atom. The van der Waals surface area contributed by atoms with E-state index >= 15 is 0 Å². The molecule has 0 saturated heterocycles. The van der Waals surface area contributed by atoms with Crippen LogP contribution in [0.25, 0.3) is 0 Å². The lowest BCUT2D eigenvalue weighted by Gasteiger charge is -2.29. The topological polar surface area (TPSA) is 139 Å². The maximum absolute atomic E-state index is 13.1. The fourth-order valence-corrected chi connectivity index (χ4v) is 5.43. The second-order valence-electron chi connectivity index (χ2n) is 9.34. The number of carbonyl (C=O) groups is 1. The van der Waals surface area contributed by atoms with Crippen LogP contribution < -0.4 is 10.0 Å². The number of nitro benzene ring substituents is 1. The molecule has 10 heteroatoms. The molecular formula is C25H33N3O6S. The average molecular weight is 504 g/mol. The highest BCUT2D eigenvalue weighted by Crippen LogP contribution is 2.24. The van der Waals surface area contributed by atoms with E-state index < -0.39 is 27.0 Å². The Morgan fingerprint density at radius 2 is 1.71 bits per heavy atom. The first-order valence-electron chi connectivity index (χ1n) is 11.9. The van der Waals surface area contributed by atoms with E-state index in [1.54, 1.807) is 0 Å². The van der Waals surface area contributed by atoms with Crippen LogP contribution in [0.15, 0.2) is 59.5 Å². The number of hydrogen-bond donors (Lipinski definition) is 3. The Hall–Kier alpha value is -2.82. The number of aliphatic hydroxyl groups excluding tert-OH is 1. The maximum Gasteiger partial charge on any atom is 0.269 e. The smallest absolute Gasteiger partial charge is 0.269 e. The predicted octanol–water partition coefficient (Wildman–Crippen LogP) is 3.18. The normalized spacial score (nSPS) is 20.1. The molecule has 3 rings (SSSR count). The van der Waals surface area contributed by atoms with Gasteiger partial charge in [0.05, 0.1) is 15.9 Å². The Balaban J connectivity index is 1.62. The molecule has 1 amide bonds. The standard InChI is InChI=1S/C25H33N3O6S/c1-18-7-9-21(10-8-18)27-25(30)20(15-19-5-3-2-4-6-19)16-23(29)17-26-35(33,34)24-13-11-22(12-14-24)28(31)32/h2-6,11-14,18,20-21,23,26,29H,7-10,15-17H2,1H3,(H,27,30)/t18?,20?,21?,23-/m0/s1. The number of nitro groups is 1. The van der Waals surface area contributed by atoms with Gasteiger partial charge in [0.25, 0.3) is 5.69 Å². The maximum atomic E-state index is 13.1. The van der Waals surface area contributed by atoms with E-state index in [-0.39, 0.29) is 35.5 Å². The van der Waals surface area contributed by atoms with Crippen molar-refractivity contribution in [3.8, 4) is 0 Å². The van der Waals surface area contributed by atoms with E-state index in [2.05, 4.69) is 17.0 Å². The minimum atomic E-state index is -3.97. The van der Waals surface area contributed by atoms with Gasteiger partial charge >= 0.3 is 0 Å². The van der Waals surface area contributed by atoms with Crippen LogP contribution in [0.1, 0.15) is 44.6 Å². The summed E-state index contributed by atoms with van der Waals surface area (Å²) in [4.78, 5) is 23.2. The second-order valence-corrected chi connectivity index (χ2v) is 11.1. The largest absolute Gasteiger partial charge is 0.392 e. The summed E-state index contributed by atoms with van der Waals surface area (Å²) < 4.78 is 27.4. The number of aliphatic hydroxyl groups is 1. The summed E-state index contributed by atoms with van der Waals surface area (Å²) in [7, 11) is -3.97. The summed E-state index contributed by atoms with van der Waals surface area (Å²) in [6, 6.07) is 14.1. The van der Waals surface area contributed by atoms with E-state index in [9.17, 15) is 28.4 Å². The zero-order chi connectivity index (χ0) is 25.4. The van der Waals surface area contributed by atoms with Gasteiger partial charge in [-0.15, -0.1) is 0 Å². The van der Waals surface area contributed by atoms with Crippen LogP contribution in [0.3, 0.4) is 0 Å². The SMILES string of the molecule is CC1CCC(NC(=O)C(Cc2ccccc2)C[C@H](O)CNS(=O)(=O)c2ccc([N+](=O)[O-])cc2)CC1. The number of rotatable bonds is 11. The van der Waals surface area contributed by atoms with E-state index in [4.69, 9.17) is 0 Å². The molecule has 190 valence electrons. The van der Waals surface area contributed by atoms with Crippen LogP contribution in [0, 0.1) is 22.0 Å². The number of sulfonamides is 1. The van der Waals surface area contributed by atoms with E-state index in [1.165, 1.54) is 0 Å². The highest BCUT2D eigenvalue weighted by Gasteiger charge is 2.27. The lowest BCUT2D eigenvalue weighted by atomic mass is 9.86. The van der Waals surface area contributed by atoms with Crippen molar-refractivity contribution in [1.82, 2.24) is 10.0 Å². The highest BCUT2D eigenvalue weighted by molar-refractivity contribution is 7.89. The van der Waals surface area contributed by atoms with Crippen LogP contribution in [-0.4, -0.2) is 43.0 Å². The molecule has 1 fully saturated rings. The van der Waals surface area contributed by atoms with Crippen LogP contribution in [0.2, 0.25) is 0 Å². The Kier molecular flexibility index (Phi) is 9.36. The van der Waals surface area contributed by atoms with Gasteiger partial charge in [-0.05, 0) is 62.1 Å². The third-order valence-electron chi connectivity index (χ3n) is 6.48. The zero-order valence-electron chi connectivity index (χ0n) is 19.8. The molecule has 1 unspecified atom stereocenters. The van der Waals surface area contributed by atoms with Gasteiger partial charge < -0.3 is 10.4 Å². The molecule has 35 heavy (non-hydrogen) atoms. The van der Waals surface area contributed by atoms with Crippen molar-refractivity contribution < 1.29 is 23.2 Å². The van der Waals surface area contributed by atoms with E-state index in [1.807, 2.05) is 30.3 Å². The van der Waals surface area contributed by atoms with Gasteiger partial charge in [-0.2, -0.15) is 0 Å². The van der Waals surface area contributed by atoms with Crippen LogP contribution in [0.4, 0.5) is 5.69 Å². The highest BCUT2D eigenvalue weighted by atomic mass is 32.2. The van der Waals surface area contributed by atoms with Crippen molar-refractivity contribution in [1.29, 1.82) is 0 Å². The van der Waals surface area contributed by atoms with E-state index in [0.717, 1.165) is 55.5 Å². The molecular weight excluding hydrogens is 470 g/mol. The van der Waals surface area contributed by atoms with Crippen LogP contribution >= 0.6 is 0 Å². The molecule has 0 aliphatic heterocycles. The number of carbonyl (C=O) groups excluding carboxylic acids is 1. The summed E-state index contributed by atoms with van der Waals surface area (Å²) >= 11 is 0. The molecule has 0 bridgehead atoms. The fraction of sp³-hybridized carbons (Fsp3) is 0.480. The number of benzene rings is 2. The van der Waals surface area contributed by atoms with Crippen molar-refractivity contribution in [2.45, 2.75) is 62.5 Å². The van der Waals surface area contributed by atoms with Gasteiger partial charge in [0.1, 0.15) is 0 Å². The second kappa shape index (κ2) is 12.2. The van der Waals surface area contributed by atoms with Crippen molar-refractivity contribution in [3.05, 3.63) is 70.3 Å². The Labute approximate surface area is 206 Å². The number of non-ortho nitro benzene ring substituents is 1. The number of hydrogen-bond acceptors (Lipinski definition) is 6. The van der Waals surface area contributed by atoms with Crippen LogP contribution in [0.5, 0.6) is 0 Å². The van der Waals surface area contributed by atoms with Gasteiger partial charge in [0, 0.05) is 30.6 Å². The average Bonchev–Trinajstić information content (AvgIpc) is 2.84. The summed E-state index contributed by atoms with van der Waals surface area (Å²) in [5.74, 6) is 0.00942. The summed E-state index contributed by atoms with van der Waals surface area (Å²) in [6.07, 6.45) is 3.44. The summed E-state index contributed by atoms with van der Waals surface area (Å²) in [5.41, 5.74) is 0.745. The molecule has 0 aromatic heterocycles. The molecule has 2 aromatic rings. The number of amides is 1. The molecule has 1 aliphatic carbocycles. The van der Waals surface area contributed by atoms with Crippen molar-refractivity contribution >= 4 is 21.6 Å². The zero-order valence-corrected chi connectivity index (χ0v) is 20.6. The lowest BCUT2D eigenvalue weighted by molar-refractivity contribution is -0.384. The molecule has 1 saturated carbocycles. The molecule has 0 radical (unpaired) electrons. The fourth-order valence-electron chi connectivity index (χ4n) is 4.35.